The number of alkyl halides is 3. The highest BCUT2D eigenvalue weighted by atomic mass is 19.4. The van der Waals surface area contributed by atoms with Gasteiger partial charge in [0, 0.05) is 6.42 Å². The smallest absolute Gasteiger partial charge is 0.477 e. The van der Waals surface area contributed by atoms with Crippen molar-refractivity contribution in [2.75, 3.05) is 6.61 Å². The molecular formula is C17H13F3N2O2. The van der Waals surface area contributed by atoms with Crippen molar-refractivity contribution in [3.8, 4) is 11.6 Å². The van der Waals surface area contributed by atoms with E-state index in [0.717, 1.165) is 16.5 Å². The lowest BCUT2D eigenvalue weighted by atomic mass is 10.1. The summed E-state index contributed by atoms with van der Waals surface area (Å²) in [6.07, 6.45) is -2.72. The van der Waals surface area contributed by atoms with Crippen LogP contribution in [0.2, 0.25) is 0 Å². The van der Waals surface area contributed by atoms with Crippen LogP contribution in [0.15, 0.2) is 54.9 Å². The molecule has 24 heavy (non-hydrogen) atoms. The van der Waals surface area contributed by atoms with E-state index >= 15 is 0 Å². The van der Waals surface area contributed by atoms with Gasteiger partial charge in [-0.1, -0.05) is 24.3 Å². The molecule has 1 heterocycles. The molecule has 3 aromatic rings. The van der Waals surface area contributed by atoms with Crippen molar-refractivity contribution >= 4 is 10.9 Å². The van der Waals surface area contributed by atoms with Crippen molar-refractivity contribution in [2.24, 2.45) is 0 Å². The number of halogens is 3. The Morgan fingerprint density at radius 1 is 0.917 bits per heavy atom. The van der Waals surface area contributed by atoms with Gasteiger partial charge in [-0.2, -0.15) is 0 Å². The first-order valence-electron chi connectivity index (χ1n) is 7.18. The molecule has 0 N–H and O–H groups in total. The first-order chi connectivity index (χ1) is 11.5. The van der Waals surface area contributed by atoms with E-state index in [1.807, 2.05) is 24.3 Å². The largest absolute Gasteiger partial charge is 0.573 e. The second-order valence-electron chi connectivity index (χ2n) is 4.99. The minimum atomic E-state index is -4.68. The molecular weight excluding hydrogens is 321 g/mol. The van der Waals surface area contributed by atoms with Gasteiger partial charge in [-0.3, -0.25) is 0 Å². The predicted octanol–water partition coefficient (Wildman–Crippen LogP) is 4.15. The Hall–Kier alpha value is -2.83. The fourth-order valence-electron chi connectivity index (χ4n) is 2.22. The molecule has 3 rings (SSSR count). The minimum Gasteiger partial charge on any atom is -0.477 e. The fourth-order valence-corrected chi connectivity index (χ4v) is 2.22. The van der Waals surface area contributed by atoms with Crippen molar-refractivity contribution in [3.05, 3.63) is 60.4 Å². The summed E-state index contributed by atoms with van der Waals surface area (Å²) in [4.78, 5) is 8.26. The van der Waals surface area contributed by atoms with E-state index in [0.29, 0.717) is 18.9 Å². The molecule has 0 unspecified atom stereocenters. The molecule has 2 aromatic carbocycles. The average molecular weight is 334 g/mol. The molecule has 0 aliphatic carbocycles. The molecule has 7 heteroatoms. The summed E-state index contributed by atoms with van der Waals surface area (Å²) in [6.45, 7) is 0.348. The van der Waals surface area contributed by atoms with Gasteiger partial charge >= 0.3 is 6.36 Å². The summed E-state index contributed by atoms with van der Waals surface area (Å²) >= 11 is 0. The number of aromatic nitrogens is 2. The minimum absolute atomic E-state index is 0.242. The molecule has 0 fully saturated rings. The highest BCUT2D eigenvalue weighted by molar-refractivity contribution is 5.82. The SMILES string of the molecule is FC(F)(F)Oc1ccc(CCOc2ncnc3ccccc23)cc1. The van der Waals surface area contributed by atoms with Gasteiger partial charge in [0.1, 0.15) is 12.1 Å². The molecule has 0 atom stereocenters. The highest BCUT2D eigenvalue weighted by Crippen LogP contribution is 2.23. The van der Waals surface area contributed by atoms with Gasteiger partial charge in [-0.15, -0.1) is 13.2 Å². The number of ether oxygens (including phenoxy) is 2. The fraction of sp³-hybridized carbons (Fsp3) is 0.176. The Balaban J connectivity index is 1.60. The molecule has 0 aliphatic heterocycles. The molecule has 0 bridgehead atoms. The number of hydrogen-bond acceptors (Lipinski definition) is 4. The maximum atomic E-state index is 12.1. The Bertz CT molecular complexity index is 815. The third-order valence-corrected chi connectivity index (χ3v) is 3.29. The second kappa shape index (κ2) is 6.74. The lowest BCUT2D eigenvalue weighted by Gasteiger charge is -2.10. The molecule has 1 aromatic heterocycles. The monoisotopic (exact) mass is 334 g/mol. The second-order valence-corrected chi connectivity index (χ2v) is 4.99. The maximum Gasteiger partial charge on any atom is 0.573 e. The summed E-state index contributed by atoms with van der Waals surface area (Å²) in [5, 5.41) is 0.814. The summed E-state index contributed by atoms with van der Waals surface area (Å²) < 4.78 is 45.8. The zero-order chi connectivity index (χ0) is 17.0. The molecule has 0 saturated carbocycles. The molecule has 0 aliphatic rings. The van der Waals surface area contributed by atoms with E-state index in [1.54, 1.807) is 12.1 Å². The lowest BCUT2D eigenvalue weighted by Crippen LogP contribution is -2.17. The van der Waals surface area contributed by atoms with Crippen molar-refractivity contribution < 1.29 is 22.6 Å². The molecule has 0 amide bonds. The van der Waals surface area contributed by atoms with Gasteiger partial charge in [0.25, 0.3) is 0 Å². The van der Waals surface area contributed by atoms with Crippen LogP contribution in [0.3, 0.4) is 0 Å². The summed E-state index contributed by atoms with van der Waals surface area (Å²) in [5.74, 6) is 0.242. The van der Waals surface area contributed by atoms with Crippen LogP contribution in [0, 0.1) is 0 Å². The summed E-state index contributed by atoms with van der Waals surface area (Å²) in [7, 11) is 0. The Kier molecular flexibility index (Phi) is 4.50. The Labute approximate surface area is 135 Å². The Morgan fingerprint density at radius 3 is 2.42 bits per heavy atom. The third-order valence-electron chi connectivity index (χ3n) is 3.29. The van der Waals surface area contributed by atoms with Crippen LogP contribution < -0.4 is 9.47 Å². The zero-order valence-electron chi connectivity index (χ0n) is 12.5. The van der Waals surface area contributed by atoms with E-state index < -0.39 is 6.36 Å². The predicted molar refractivity (Wildman–Crippen MR) is 81.9 cm³/mol. The Morgan fingerprint density at radius 2 is 1.67 bits per heavy atom. The van der Waals surface area contributed by atoms with Gasteiger partial charge < -0.3 is 9.47 Å². The van der Waals surface area contributed by atoms with Crippen molar-refractivity contribution in [3.63, 3.8) is 0 Å². The van der Waals surface area contributed by atoms with Crippen LogP contribution in [0.4, 0.5) is 13.2 Å². The first-order valence-corrected chi connectivity index (χ1v) is 7.18. The van der Waals surface area contributed by atoms with E-state index in [2.05, 4.69) is 14.7 Å². The molecule has 4 nitrogen and oxygen atoms in total. The number of hydrogen-bond donors (Lipinski definition) is 0. The third kappa shape index (κ3) is 4.13. The molecule has 124 valence electrons. The molecule has 0 spiro atoms. The average Bonchev–Trinajstić information content (AvgIpc) is 2.55. The molecule has 0 radical (unpaired) electrons. The van der Waals surface area contributed by atoms with Crippen LogP contribution >= 0.6 is 0 Å². The number of benzene rings is 2. The zero-order valence-corrected chi connectivity index (χ0v) is 12.5. The number of nitrogens with zero attached hydrogens (tertiary/aromatic N) is 2. The van der Waals surface area contributed by atoms with Crippen LogP contribution in [0.5, 0.6) is 11.6 Å². The number of fused-ring (bicyclic) bond motifs is 1. The highest BCUT2D eigenvalue weighted by Gasteiger charge is 2.30. The van der Waals surface area contributed by atoms with E-state index in [1.165, 1.54) is 18.5 Å². The van der Waals surface area contributed by atoms with Crippen LogP contribution in [0.25, 0.3) is 10.9 Å². The van der Waals surface area contributed by atoms with Crippen molar-refractivity contribution in [1.29, 1.82) is 0 Å². The van der Waals surface area contributed by atoms with Gasteiger partial charge in [0.05, 0.1) is 17.5 Å². The maximum absolute atomic E-state index is 12.1. The summed E-state index contributed by atoms with van der Waals surface area (Å²) in [6, 6.07) is 13.2. The quantitative estimate of drug-likeness (QED) is 0.703. The number of para-hydroxylation sites is 1. The van der Waals surface area contributed by atoms with Gasteiger partial charge in [-0.05, 0) is 29.8 Å². The van der Waals surface area contributed by atoms with Gasteiger partial charge in [0.15, 0.2) is 0 Å². The van der Waals surface area contributed by atoms with Crippen LogP contribution in [-0.4, -0.2) is 22.9 Å². The van der Waals surface area contributed by atoms with E-state index in [-0.39, 0.29) is 5.75 Å². The van der Waals surface area contributed by atoms with Crippen LogP contribution in [0.1, 0.15) is 5.56 Å². The van der Waals surface area contributed by atoms with Gasteiger partial charge in [0.2, 0.25) is 5.88 Å². The lowest BCUT2D eigenvalue weighted by molar-refractivity contribution is -0.274. The topological polar surface area (TPSA) is 44.2 Å². The van der Waals surface area contributed by atoms with Crippen LogP contribution in [-0.2, 0) is 6.42 Å². The van der Waals surface area contributed by atoms with E-state index in [9.17, 15) is 13.2 Å². The van der Waals surface area contributed by atoms with E-state index in [4.69, 9.17) is 4.74 Å². The van der Waals surface area contributed by atoms with Gasteiger partial charge in [-0.25, -0.2) is 9.97 Å². The first kappa shape index (κ1) is 16.0. The van der Waals surface area contributed by atoms with Crippen molar-refractivity contribution in [2.45, 2.75) is 12.8 Å². The van der Waals surface area contributed by atoms with Crippen molar-refractivity contribution in [1.82, 2.24) is 9.97 Å². The standard InChI is InChI=1S/C17H13F3N2O2/c18-17(19,20)24-13-7-5-12(6-8-13)9-10-23-16-14-3-1-2-4-15(14)21-11-22-16/h1-8,11H,9-10H2. The number of rotatable bonds is 5. The summed E-state index contributed by atoms with van der Waals surface area (Å²) in [5.41, 5.74) is 1.62. The normalized spacial score (nSPS) is 11.5. The molecule has 0 saturated heterocycles.